The molecule has 0 aliphatic carbocycles. The highest BCUT2D eigenvalue weighted by Gasteiger charge is 2.12. The quantitative estimate of drug-likeness (QED) is 0.302. The lowest BCUT2D eigenvalue weighted by Gasteiger charge is -2.15. The molecule has 0 aliphatic heterocycles. The third-order valence-corrected chi connectivity index (χ3v) is 4.47. The molecule has 0 bridgehead atoms. The van der Waals surface area contributed by atoms with E-state index in [-0.39, 0.29) is 12.4 Å². The lowest BCUT2D eigenvalue weighted by molar-refractivity contribution is -0.116. The summed E-state index contributed by atoms with van der Waals surface area (Å²) in [7, 11) is 0. The van der Waals surface area contributed by atoms with Gasteiger partial charge in [0.2, 0.25) is 5.91 Å². The molecule has 2 rings (SSSR count). The normalized spacial score (nSPS) is 12.7. The van der Waals surface area contributed by atoms with Gasteiger partial charge in [-0.05, 0) is 47.5 Å². The van der Waals surface area contributed by atoms with Crippen molar-refractivity contribution < 1.29 is 13.7 Å². The summed E-state index contributed by atoms with van der Waals surface area (Å²) >= 11 is -1.54. The van der Waals surface area contributed by atoms with Crippen LogP contribution in [0.25, 0.3) is 5.70 Å². The summed E-state index contributed by atoms with van der Waals surface area (Å²) in [6.07, 6.45) is 1.56. The van der Waals surface area contributed by atoms with Gasteiger partial charge >= 0.3 is 0 Å². The molecule has 1 amide bonds. The van der Waals surface area contributed by atoms with Crippen molar-refractivity contribution in [3.05, 3.63) is 71.7 Å². The molecular formula is C17H20FN5O2S. The molecule has 1 unspecified atom stereocenters. The molecule has 0 fully saturated rings. The van der Waals surface area contributed by atoms with Crippen molar-refractivity contribution in [3.8, 4) is 0 Å². The van der Waals surface area contributed by atoms with Gasteiger partial charge in [0.05, 0.1) is 23.6 Å². The van der Waals surface area contributed by atoms with Crippen LogP contribution in [0.15, 0.2) is 59.6 Å². The highest BCUT2D eigenvalue weighted by Crippen LogP contribution is 2.15. The van der Waals surface area contributed by atoms with Crippen LogP contribution < -0.4 is 22.0 Å². The minimum Gasteiger partial charge on any atom is -0.593 e. The van der Waals surface area contributed by atoms with Crippen LogP contribution in [0.1, 0.15) is 11.1 Å². The number of hydrogen-bond donors (Lipinski definition) is 4. The van der Waals surface area contributed by atoms with Crippen LogP contribution in [0.4, 0.5) is 4.39 Å². The summed E-state index contributed by atoms with van der Waals surface area (Å²) in [5.74, 6) is 5.01. The maximum atomic E-state index is 12.9. The first kappa shape index (κ1) is 19.7. The minimum atomic E-state index is -1.54. The molecule has 0 heterocycles. The zero-order chi connectivity index (χ0) is 19.1. The van der Waals surface area contributed by atoms with E-state index >= 15 is 0 Å². The van der Waals surface area contributed by atoms with Gasteiger partial charge in [-0.15, -0.1) is 4.72 Å². The van der Waals surface area contributed by atoms with Crippen molar-refractivity contribution in [1.29, 1.82) is 0 Å². The number of rotatable bonds is 8. The Bertz CT molecular complexity index is 768. The Morgan fingerprint density at radius 1 is 1.15 bits per heavy atom. The lowest BCUT2D eigenvalue weighted by Crippen LogP contribution is -2.33. The number of nitrogens with one attached hydrogen (secondary N) is 1. The average molecular weight is 377 g/mol. The topological polar surface area (TPSA) is 133 Å². The number of amides is 1. The second-order valence-electron chi connectivity index (χ2n) is 5.46. The zero-order valence-corrected chi connectivity index (χ0v) is 14.7. The molecule has 0 saturated heterocycles. The van der Waals surface area contributed by atoms with E-state index in [1.54, 1.807) is 42.6 Å². The van der Waals surface area contributed by atoms with Gasteiger partial charge in [0.1, 0.15) is 12.4 Å². The summed E-state index contributed by atoms with van der Waals surface area (Å²) in [6, 6.07) is 12.6. The van der Waals surface area contributed by atoms with Gasteiger partial charge in [-0.1, -0.05) is 12.1 Å². The Kier molecular flexibility index (Phi) is 6.98. The van der Waals surface area contributed by atoms with E-state index in [0.29, 0.717) is 22.7 Å². The van der Waals surface area contributed by atoms with Crippen molar-refractivity contribution >= 4 is 23.0 Å². The Balaban J connectivity index is 1.99. The van der Waals surface area contributed by atoms with Crippen molar-refractivity contribution in [2.45, 2.75) is 11.4 Å². The standard InChI is InChI=1S/C17H20FN5O2S/c18-14-5-1-12(2-6-14)10-23(21)11-16(19)13-3-7-15(8-4-13)26(25)22-9-17(20)24/h1-8,11,22H,9-10,19,21H2,(H2,20,24)/b16-11-. The molecule has 0 radical (unpaired) electrons. The highest BCUT2D eigenvalue weighted by molar-refractivity contribution is 7.89. The van der Waals surface area contributed by atoms with Crippen molar-refractivity contribution in [2.75, 3.05) is 6.54 Å². The van der Waals surface area contributed by atoms with Crippen LogP contribution in [0.5, 0.6) is 0 Å². The van der Waals surface area contributed by atoms with Crippen LogP contribution in [0.2, 0.25) is 0 Å². The predicted molar refractivity (Wildman–Crippen MR) is 98.3 cm³/mol. The summed E-state index contributed by atoms with van der Waals surface area (Å²) in [5, 5.41) is 1.39. The Labute approximate surface area is 153 Å². The van der Waals surface area contributed by atoms with E-state index in [2.05, 4.69) is 4.72 Å². The van der Waals surface area contributed by atoms with E-state index in [1.165, 1.54) is 17.1 Å². The fourth-order valence-corrected chi connectivity index (χ4v) is 2.91. The molecule has 7 N–H and O–H groups in total. The number of halogens is 1. The number of nitrogens with zero attached hydrogens (tertiary/aromatic N) is 1. The van der Waals surface area contributed by atoms with Crippen LogP contribution in [-0.4, -0.2) is 22.0 Å². The van der Waals surface area contributed by atoms with E-state index in [4.69, 9.17) is 17.3 Å². The van der Waals surface area contributed by atoms with Crippen LogP contribution in [0.3, 0.4) is 0 Å². The Morgan fingerprint density at radius 2 is 1.77 bits per heavy atom. The predicted octanol–water partition coefficient (Wildman–Crippen LogP) is 0.556. The first-order valence-electron chi connectivity index (χ1n) is 7.62. The number of nitrogens with two attached hydrogens (primary N) is 3. The number of carbonyl (C=O) groups is 1. The van der Waals surface area contributed by atoms with Gasteiger partial charge in [-0.2, -0.15) is 0 Å². The van der Waals surface area contributed by atoms with E-state index < -0.39 is 17.3 Å². The number of hydrogen-bond acceptors (Lipinski definition) is 6. The number of hydrazine groups is 1. The summed E-state index contributed by atoms with van der Waals surface area (Å²) < 4.78 is 27.3. The maximum Gasteiger partial charge on any atom is 0.235 e. The van der Waals surface area contributed by atoms with Gasteiger partial charge < -0.3 is 21.0 Å². The molecule has 2 aromatic carbocycles. The van der Waals surface area contributed by atoms with Gasteiger partial charge in [0.25, 0.3) is 0 Å². The SMILES string of the molecule is NC(=O)CN[S+]([O-])c1ccc(/C(N)=C/N(N)Cc2ccc(F)cc2)cc1. The smallest absolute Gasteiger partial charge is 0.235 e. The molecule has 0 spiro atoms. The number of primary amides is 1. The molecule has 0 aliphatic rings. The second-order valence-corrected chi connectivity index (χ2v) is 6.76. The Morgan fingerprint density at radius 3 is 2.35 bits per heavy atom. The molecule has 0 aromatic heterocycles. The first-order valence-corrected chi connectivity index (χ1v) is 8.77. The highest BCUT2D eigenvalue weighted by atomic mass is 32.2. The average Bonchev–Trinajstić information content (AvgIpc) is 2.61. The monoisotopic (exact) mass is 377 g/mol. The molecule has 1 atom stereocenters. The zero-order valence-electron chi connectivity index (χ0n) is 13.9. The van der Waals surface area contributed by atoms with E-state index in [1.807, 2.05) is 0 Å². The largest absolute Gasteiger partial charge is 0.593 e. The number of carbonyl (C=O) groups excluding carboxylic acids is 1. The molecule has 7 nitrogen and oxygen atoms in total. The molecule has 2 aromatic rings. The fourth-order valence-electron chi connectivity index (χ4n) is 2.09. The molecular weight excluding hydrogens is 357 g/mol. The summed E-state index contributed by atoms with van der Waals surface area (Å²) in [5.41, 5.74) is 13.0. The second kappa shape index (κ2) is 9.20. The van der Waals surface area contributed by atoms with Gasteiger partial charge in [-0.25, -0.2) is 10.2 Å². The third kappa shape index (κ3) is 6.05. The molecule has 0 saturated carbocycles. The molecule has 26 heavy (non-hydrogen) atoms. The maximum absolute atomic E-state index is 12.9. The Hall–Kier alpha value is -2.59. The summed E-state index contributed by atoms with van der Waals surface area (Å²) in [4.78, 5) is 11.2. The fraction of sp³-hybridized carbons (Fsp3) is 0.118. The van der Waals surface area contributed by atoms with Crippen LogP contribution >= 0.6 is 0 Å². The van der Waals surface area contributed by atoms with Gasteiger partial charge in [0.15, 0.2) is 4.90 Å². The molecule has 9 heteroatoms. The van der Waals surface area contributed by atoms with Crippen molar-refractivity contribution in [1.82, 2.24) is 9.73 Å². The van der Waals surface area contributed by atoms with Crippen molar-refractivity contribution in [3.63, 3.8) is 0 Å². The summed E-state index contributed by atoms with van der Waals surface area (Å²) in [6.45, 7) is 0.183. The number of benzene rings is 2. The van der Waals surface area contributed by atoms with Crippen LogP contribution in [0, 0.1) is 5.82 Å². The first-order chi connectivity index (χ1) is 12.3. The van der Waals surface area contributed by atoms with Crippen LogP contribution in [-0.2, 0) is 22.7 Å². The minimum absolute atomic E-state index is 0.179. The van der Waals surface area contributed by atoms with E-state index in [9.17, 15) is 13.7 Å². The third-order valence-electron chi connectivity index (χ3n) is 3.36. The van der Waals surface area contributed by atoms with Gasteiger partial charge in [0, 0.05) is 6.20 Å². The van der Waals surface area contributed by atoms with Gasteiger partial charge in [-0.3, -0.25) is 4.79 Å². The van der Waals surface area contributed by atoms with Crippen molar-refractivity contribution in [2.24, 2.45) is 17.3 Å². The molecule has 138 valence electrons. The lowest BCUT2D eigenvalue weighted by atomic mass is 10.2. The van der Waals surface area contributed by atoms with E-state index in [0.717, 1.165) is 5.56 Å².